The van der Waals surface area contributed by atoms with Gasteiger partial charge in [-0.3, -0.25) is 0 Å². The molecule has 1 aromatic heterocycles. The minimum atomic E-state index is -0.0321. The van der Waals surface area contributed by atoms with Gasteiger partial charge in [-0.05, 0) is 152 Å². The van der Waals surface area contributed by atoms with E-state index in [0.29, 0.717) is 0 Å². The first-order valence-electron chi connectivity index (χ1n) is 17.7. The fourth-order valence-corrected chi connectivity index (χ4v) is 10.2. The third-order valence-corrected chi connectivity index (χ3v) is 12.9. The molecule has 0 N–H and O–H groups in total. The summed E-state index contributed by atoms with van der Waals surface area (Å²) in [5.74, 6) is 0. The van der Waals surface area contributed by atoms with Crippen LogP contribution in [0, 0.1) is 3.57 Å². The summed E-state index contributed by atoms with van der Waals surface area (Å²) >= 11 is 2.48. The number of hydrogen-bond donors (Lipinski definition) is 0. The zero-order valence-corrected chi connectivity index (χ0v) is 30.4. The van der Waals surface area contributed by atoms with E-state index in [1.165, 1.54) is 86.7 Å². The second kappa shape index (κ2) is 10.9. The van der Waals surface area contributed by atoms with Crippen LogP contribution in [0.5, 0.6) is 0 Å². The average molecular weight is 734 g/mol. The van der Waals surface area contributed by atoms with Crippen LogP contribution in [0.1, 0.15) is 75.6 Å². The second-order valence-electron chi connectivity index (χ2n) is 13.9. The lowest BCUT2D eigenvalue weighted by Crippen LogP contribution is -2.23. The Labute approximate surface area is 297 Å². The monoisotopic (exact) mass is 733 g/mol. The number of hydrogen-bond acceptors (Lipinski definition) is 0. The van der Waals surface area contributed by atoms with Crippen LogP contribution in [0.4, 0.5) is 0 Å². The van der Waals surface area contributed by atoms with Gasteiger partial charge in [0.2, 0.25) is 0 Å². The van der Waals surface area contributed by atoms with Crippen molar-refractivity contribution in [2.24, 2.45) is 0 Å². The number of benzene rings is 6. The van der Waals surface area contributed by atoms with Crippen molar-refractivity contribution < 1.29 is 0 Å². The summed E-state index contributed by atoms with van der Waals surface area (Å²) in [5, 5.41) is 2.61. The molecule has 2 aliphatic carbocycles. The van der Waals surface area contributed by atoms with Gasteiger partial charge in [-0.15, -0.1) is 0 Å². The summed E-state index contributed by atoms with van der Waals surface area (Å²) in [5.41, 5.74) is 18.0. The van der Waals surface area contributed by atoms with E-state index < -0.39 is 0 Å². The maximum absolute atomic E-state index is 2.54. The smallest absolute Gasteiger partial charge is 0.0541 e. The van der Waals surface area contributed by atoms with Gasteiger partial charge >= 0.3 is 0 Å². The molecule has 9 rings (SSSR count). The van der Waals surface area contributed by atoms with E-state index in [4.69, 9.17) is 0 Å². The Bertz CT molecular complexity index is 2360. The number of para-hydroxylation sites is 2. The van der Waals surface area contributed by atoms with Crippen molar-refractivity contribution in [3.05, 3.63) is 147 Å². The third-order valence-electron chi connectivity index (χ3n) is 12.3. The van der Waals surface area contributed by atoms with Crippen molar-refractivity contribution in [3.8, 4) is 39.1 Å². The van der Waals surface area contributed by atoms with Crippen LogP contribution in [0.25, 0.3) is 60.9 Å². The fraction of sp³-hybridized carbons (Fsp3) is 0.217. The van der Waals surface area contributed by atoms with Crippen molar-refractivity contribution in [3.63, 3.8) is 0 Å². The Balaban J connectivity index is 1.19. The summed E-state index contributed by atoms with van der Waals surface area (Å²) < 4.78 is 3.79. The molecule has 0 aliphatic heterocycles. The molecule has 6 aromatic carbocycles. The summed E-state index contributed by atoms with van der Waals surface area (Å²) in [6, 6.07) is 46.6. The lowest BCUT2D eigenvalue weighted by Gasteiger charge is -2.31. The van der Waals surface area contributed by atoms with Crippen molar-refractivity contribution in [2.45, 2.75) is 64.2 Å². The van der Waals surface area contributed by atoms with Gasteiger partial charge < -0.3 is 4.57 Å². The van der Waals surface area contributed by atoms with Crippen LogP contribution in [0.2, 0.25) is 0 Å². The van der Waals surface area contributed by atoms with E-state index in [9.17, 15) is 0 Å². The molecule has 1 heterocycles. The van der Waals surface area contributed by atoms with E-state index in [2.05, 4.69) is 176 Å². The standard InChI is InChI=1S/C46H40IN/c1-5-45(6-2)39-25-29(17-21-33(39)35-23-19-31(47)27-41(35)45)30-18-22-34-36-24-20-32(28-42(36)46(7-3,8-4)40(34)26-30)48-43-15-11-9-13-37(43)38-14-10-12-16-44(38)48/h9-28H,5-8H2,1-4H3. The molecule has 48 heavy (non-hydrogen) atoms. The molecule has 236 valence electrons. The van der Waals surface area contributed by atoms with Crippen molar-refractivity contribution in [2.75, 3.05) is 0 Å². The lowest BCUT2D eigenvalue weighted by atomic mass is 9.72. The molecule has 0 spiro atoms. The van der Waals surface area contributed by atoms with E-state index in [1.54, 1.807) is 0 Å². The molecule has 2 aliphatic rings. The van der Waals surface area contributed by atoms with E-state index in [-0.39, 0.29) is 10.8 Å². The fourth-order valence-electron chi connectivity index (χ4n) is 9.67. The highest BCUT2D eigenvalue weighted by Gasteiger charge is 2.42. The molecule has 0 fully saturated rings. The van der Waals surface area contributed by atoms with Crippen LogP contribution < -0.4 is 0 Å². The molecule has 7 aromatic rings. The van der Waals surface area contributed by atoms with Gasteiger partial charge in [-0.1, -0.05) is 100 Å². The van der Waals surface area contributed by atoms with Crippen molar-refractivity contribution in [1.29, 1.82) is 0 Å². The second-order valence-corrected chi connectivity index (χ2v) is 15.1. The number of fused-ring (bicyclic) bond motifs is 9. The molecule has 1 nitrogen and oxygen atoms in total. The lowest BCUT2D eigenvalue weighted by molar-refractivity contribution is 0.490. The van der Waals surface area contributed by atoms with Crippen LogP contribution in [0.3, 0.4) is 0 Å². The van der Waals surface area contributed by atoms with Gasteiger partial charge in [-0.2, -0.15) is 0 Å². The molecule has 0 radical (unpaired) electrons. The minimum Gasteiger partial charge on any atom is -0.309 e. The zero-order valence-electron chi connectivity index (χ0n) is 28.2. The predicted octanol–water partition coefficient (Wildman–Crippen LogP) is 13.2. The van der Waals surface area contributed by atoms with Crippen LogP contribution in [0.15, 0.2) is 121 Å². The molecule has 2 heteroatoms. The van der Waals surface area contributed by atoms with Gasteiger partial charge in [0.15, 0.2) is 0 Å². The largest absolute Gasteiger partial charge is 0.309 e. The Morgan fingerprint density at radius 3 is 1.38 bits per heavy atom. The molecule has 0 saturated heterocycles. The van der Waals surface area contributed by atoms with Crippen LogP contribution >= 0.6 is 22.6 Å². The average Bonchev–Trinajstić information content (AvgIpc) is 3.72. The summed E-state index contributed by atoms with van der Waals surface area (Å²) in [4.78, 5) is 0. The zero-order chi connectivity index (χ0) is 32.8. The summed E-state index contributed by atoms with van der Waals surface area (Å²) in [6.45, 7) is 9.50. The predicted molar refractivity (Wildman–Crippen MR) is 213 cm³/mol. The van der Waals surface area contributed by atoms with Crippen LogP contribution in [-0.4, -0.2) is 4.57 Å². The molecular weight excluding hydrogens is 693 g/mol. The van der Waals surface area contributed by atoms with E-state index in [1.807, 2.05) is 0 Å². The first-order chi connectivity index (χ1) is 23.5. The normalized spacial score (nSPS) is 15.0. The summed E-state index contributed by atoms with van der Waals surface area (Å²) in [6.07, 6.45) is 4.35. The van der Waals surface area contributed by atoms with Crippen molar-refractivity contribution >= 4 is 44.4 Å². The molecule has 0 atom stereocenters. The minimum absolute atomic E-state index is 0.0321. The quantitative estimate of drug-likeness (QED) is 0.150. The van der Waals surface area contributed by atoms with Gasteiger partial charge in [0, 0.05) is 30.9 Å². The first kappa shape index (κ1) is 29.9. The van der Waals surface area contributed by atoms with Crippen molar-refractivity contribution in [1.82, 2.24) is 4.57 Å². The van der Waals surface area contributed by atoms with Gasteiger partial charge in [0.25, 0.3) is 0 Å². The van der Waals surface area contributed by atoms with E-state index in [0.717, 1.165) is 25.7 Å². The number of aromatic nitrogens is 1. The first-order valence-corrected chi connectivity index (χ1v) is 18.8. The Morgan fingerprint density at radius 1 is 0.458 bits per heavy atom. The highest BCUT2D eigenvalue weighted by atomic mass is 127. The Hall–Kier alpha value is -4.15. The highest BCUT2D eigenvalue weighted by Crippen LogP contribution is 2.56. The number of rotatable bonds is 6. The number of nitrogens with zero attached hydrogens (tertiary/aromatic N) is 1. The molecule has 0 saturated carbocycles. The SMILES string of the molecule is CCC1(CC)c2cc(I)ccc2-c2ccc(-c3ccc4c(c3)C(CC)(CC)c3cc(-n5c6ccccc6c6ccccc65)ccc3-4)cc21. The maximum Gasteiger partial charge on any atom is 0.0541 e. The third kappa shape index (κ3) is 3.90. The molecular formula is C46H40IN. The van der Waals surface area contributed by atoms with Gasteiger partial charge in [0.05, 0.1) is 11.0 Å². The summed E-state index contributed by atoms with van der Waals surface area (Å²) in [7, 11) is 0. The highest BCUT2D eigenvalue weighted by molar-refractivity contribution is 14.1. The van der Waals surface area contributed by atoms with E-state index >= 15 is 0 Å². The molecule has 0 unspecified atom stereocenters. The van der Waals surface area contributed by atoms with Gasteiger partial charge in [0.1, 0.15) is 0 Å². The van der Waals surface area contributed by atoms with Crippen LogP contribution in [-0.2, 0) is 10.8 Å². The maximum atomic E-state index is 2.54. The number of halogens is 1. The Morgan fingerprint density at radius 2 is 0.875 bits per heavy atom. The van der Waals surface area contributed by atoms with Gasteiger partial charge in [-0.25, -0.2) is 0 Å². The molecule has 0 bridgehead atoms. The Kier molecular flexibility index (Phi) is 6.82. The topological polar surface area (TPSA) is 4.93 Å². The molecule has 0 amide bonds.